The molecule has 1 amide bonds. The highest BCUT2D eigenvalue weighted by Crippen LogP contribution is 2.05. The Hall–Kier alpha value is -2.25. The molecular formula is C14H19N5O2. The number of nitrogens with zero attached hydrogens (tertiary/aromatic N) is 3. The number of nitrogens with two attached hydrogens (primary N) is 1. The molecule has 0 bridgehead atoms. The molecule has 1 heterocycles. The fourth-order valence-corrected chi connectivity index (χ4v) is 1.84. The molecule has 0 saturated heterocycles. The van der Waals surface area contributed by atoms with E-state index < -0.39 is 6.04 Å². The normalized spacial score (nSPS) is 12.1. The fraction of sp³-hybridized carbons (Fsp3) is 0.357. The molecule has 1 atom stereocenters. The number of hydrogen-bond acceptors (Lipinski definition) is 5. The van der Waals surface area contributed by atoms with E-state index in [2.05, 4.69) is 15.4 Å². The number of hydrogen-bond donors (Lipinski definition) is 2. The molecule has 3 N–H and O–H groups in total. The van der Waals surface area contributed by atoms with Crippen molar-refractivity contribution in [2.45, 2.75) is 19.1 Å². The Morgan fingerprint density at radius 3 is 2.71 bits per heavy atom. The zero-order valence-electron chi connectivity index (χ0n) is 11.9. The number of ether oxygens (including phenoxy) is 1. The predicted octanol–water partition coefficient (Wildman–Crippen LogP) is -0.0837. The maximum atomic E-state index is 11.7. The van der Waals surface area contributed by atoms with Crippen LogP contribution < -0.4 is 11.1 Å². The van der Waals surface area contributed by atoms with Crippen LogP contribution in [0.2, 0.25) is 0 Å². The van der Waals surface area contributed by atoms with Crippen molar-refractivity contribution in [1.29, 1.82) is 0 Å². The summed E-state index contributed by atoms with van der Waals surface area (Å²) < 4.78 is 6.59. The summed E-state index contributed by atoms with van der Waals surface area (Å²) in [7, 11) is 1.51. The molecule has 21 heavy (non-hydrogen) atoms. The van der Waals surface area contributed by atoms with Gasteiger partial charge in [0.25, 0.3) is 0 Å². The van der Waals surface area contributed by atoms with E-state index in [-0.39, 0.29) is 12.5 Å². The van der Waals surface area contributed by atoms with E-state index >= 15 is 0 Å². The van der Waals surface area contributed by atoms with Gasteiger partial charge in [-0.15, -0.1) is 0 Å². The van der Waals surface area contributed by atoms with Gasteiger partial charge in [-0.2, -0.15) is 5.10 Å². The Labute approximate surface area is 123 Å². The number of nitrogens with one attached hydrogen (secondary N) is 1. The lowest BCUT2D eigenvalue weighted by atomic mass is 10.1. The van der Waals surface area contributed by atoms with Crippen molar-refractivity contribution in [2.75, 3.05) is 13.7 Å². The zero-order chi connectivity index (χ0) is 15.1. The van der Waals surface area contributed by atoms with Crippen LogP contribution in [0.3, 0.4) is 0 Å². The fourth-order valence-electron chi connectivity index (χ4n) is 1.84. The second-order valence-electron chi connectivity index (χ2n) is 4.69. The van der Waals surface area contributed by atoms with E-state index in [9.17, 15) is 4.79 Å². The lowest BCUT2D eigenvalue weighted by Gasteiger charge is -2.11. The molecule has 1 aromatic carbocycles. The average molecular weight is 289 g/mol. The van der Waals surface area contributed by atoms with Crippen molar-refractivity contribution in [3.05, 3.63) is 48.0 Å². The summed E-state index contributed by atoms with van der Waals surface area (Å²) in [6, 6.07) is 7.29. The summed E-state index contributed by atoms with van der Waals surface area (Å²) in [6.07, 6.45) is 3.18. The topological polar surface area (TPSA) is 95.1 Å². The van der Waals surface area contributed by atoms with Crippen LogP contribution in [-0.2, 0) is 22.6 Å². The van der Waals surface area contributed by atoms with E-state index in [4.69, 9.17) is 10.5 Å². The molecular weight excluding hydrogens is 270 g/mol. The van der Waals surface area contributed by atoms with Gasteiger partial charge in [-0.05, 0) is 11.1 Å². The average Bonchev–Trinajstić information content (AvgIpc) is 2.99. The Kier molecular flexibility index (Phi) is 5.42. The molecule has 0 fully saturated rings. The first kappa shape index (κ1) is 15.1. The van der Waals surface area contributed by atoms with Gasteiger partial charge < -0.3 is 15.8 Å². The molecule has 2 aromatic rings. The standard InChI is InChI=1S/C14H19N5O2/c1-21-8-13(15)14(20)17-6-11-2-4-12(5-3-11)7-19-10-16-9-18-19/h2-5,9-10,13H,6-8,15H2,1H3,(H,17,20). The number of rotatable bonds is 7. The molecule has 0 aliphatic heterocycles. The van der Waals surface area contributed by atoms with E-state index in [1.165, 1.54) is 13.4 Å². The third-order valence-corrected chi connectivity index (χ3v) is 2.98. The van der Waals surface area contributed by atoms with Crippen molar-refractivity contribution in [2.24, 2.45) is 5.73 Å². The molecule has 0 radical (unpaired) electrons. The highest BCUT2D eigenvalue weighted by atomic mass is 16.5. The van der Waals surface area contributed by atoms with E-state index in [0.717, 1.165) is 11.1 Å². The van der Waals surface area contributed by atoms with Crippen LogP contribution in [-0.4, -0.2) is 40.4 Å². The van der Waals surface area contributed by atoms with Crippen LogP contribution in [0.4, 0.5) is 0 Å². The monoisotopic (exact) mass is 289 g/mol. The lowest BCUT2D eigenvalue weighted by molar-refractivity contribution is -0.123. The maximum Gasteiger partial charge on any atom is 0.239 e. The molecule has 0 aliphatic carbocycles. The first-order valence-electron chi connectivity index (χ1n) is 6.61. The minimum Gasteiger partial charge on any atom is -0.383 e. The van der Waals surface area contributed by atoms with Crippen molar-refractivity contribution >= 4 is 5.91 Å². The second-order valence-corrected chi connectivity index (χ2v) is 4.69. The number of carbonyl (C=O) groups excluding carboxylic acids is 1. The molecule has 1 unspecified atom stereocenters. The summed E-state index contributed by atoms with van der Waals surface area (Å²) in [5.74, 6) is -0.219. The van der Waals surface area contributed by atoms with Crippen molar-refractivity contribution in [1.82, 2.24) is 20.1 Å². The molecule has 7 heteroatoms. The first-order valence-corrected chi connectivity index (χ1v) is 6.61. The van der Waals surface area contributed by atoms with Crippen LogP contribution in [0.15, 0.2) is 36.9 Å². The number of aromatic nitrogens is 3. The number of benzene rings is 1. The SMILES string of the molecule is COCC(N)C(=O)NCc1ccc(Cn2cncn2)cc1. The van der Waals surface area contributed by atoms with Crippen molar-refractivity contribution in [3.63, 3.8) is 0 Å². The molecule has 1 aromatic heterocycles. The number of carbonyl (C=O) groups is 1. The molecule has 0 saturated carbocycles. The molecule has 0 aliphatic rings. The van der Waals surface area contributed by atoms with Crippen LogP contribution >= 0.6 is 0 Å². The summed E-state index contributed by atoms with van der Waals surface area (Å²) >= 11 is 0. The van der Waals surface area contributed by atoms with E-state index in [1.807, 2.05) is 24.3 Å². The highest BCUT2D eigenvalue weighted by Gasteiger charge is 2.12. The van der Waals surface area contributed by atoms with Gasteiger partial charge in [0.1, 0.15) is 18.7 Å². The largest absolute Gasteiger partial charge is 0.383 e. The van der Waals surface area contributed by atoms with Gasteiger partial charge in [-0.3, -0.25) is 4.79 Å². The third kappa shape index (κ3) is 4.66. The van der Waals surface area contributed by atoms with E-state index in [1.54, 1.807) is 11.0 Å². The van der Waals surface area contributed by atoms with Gasteiger partial charge in [0.2, 0.25) is 5.91 Å². The van der Waals surface area contributed by atoms with Crippen LogP contribution in [0.25, 0.3) is 0 Å². The molecule has 0 spiro atoms. The summed E-state index contributed by atoms with van der Waals surface area (Å²) in [5.41, 5.74) is 7.77. The smallest absolute Gasteiger partial charge is 0.239 e. The Balaban J connectivity index is 1.83. The quantitative estimate of drug-likeness (QED) is 0.743. The highest BCUT2D eigenvalue weighted by molar-refractivity contribution is 5.81. The van der Waals surface area contributed by atoms with E-state index in [0.29, 0.717) is 13.1 Å². The minimum absolute atomic E-state index is 0.211. The molecule has 7 nitrogen and oxygen atoms in total. The van der Waals surface area contributed by atoms with Gasteiger partial charge in [-0.1, -0.05) is 24.3 Å². The second kappa shape index (κ2) is 7.51. The van der Waals surface area contributed by atoms with Crippen LogP contribution in [0.5, 0.6) is 0 Å². The molecule has 2 rings (SSSR count). The first-order chi connectivity index (χ1) is 10.2. The van der Waals surface area contributed by atoms with Gasteiger partial charge in [-0.25, -0.2) is 9.67 Å². The molecule has 112 valence electrons. The Morgan fingerprint density at radius 2 is 2.10 bits per heavy atom. The lowest BCUT2D eigenvalue weighted by Crippen LogP contribution is -2.43. The Bertz CT molecular complexity index is 553. The Morgan fingerprint density at radius 1 is 1.38 bits per heavy atom. The van der Waals surface area contributed by atoms with Crippen LogP contribution in [0, 0.1) is 0 Å². The van der Waals surface area contributed by atoms with Crippen molar-refractivity contribution < 1.29 is 9.53 Å². The summed E-state index contributed by atoms with van der Waals surface area (Å²) in [6.45, 7) is 1.33. The minimum atomic E-state index is -0.637. The number of methoxy groups -OCH3 is 1. The third-order valence-electron chi connectivity index (χ3n) is 2.98. The summed E-state index contributed by atoms with van der Waals surface area (Å²) in [4.78, 5) is 15.5. The van der Waals surface area contributed by atoms with Crippen molar-refractivity contribution in [3.8, 4) is 0 Å². The summed E-state index contributed by atoms with van der Waals surface area (Å²) in [5, 5.41) is 6.83. The van der Waals surface area contributed by atoms with Gasteiger partial charge in [0.15, 0.2) is 0 Å². The maximum absolute atomic E-state index is 11.7. The van der Waals surface area contributed by atoms with Gasteiger partial charge in [0.05, 0.1) is 13.2 Å². The van der Waals surface area contributed by atoms with Gasteiger partial charge >= 0.3 is 0 Å². The predicted molar refractivity (Wildman–Crippen MR) is 77.3 cm³/mol. The van der Waals surface area contributed by atoms with Crippen LogP contribution in [0.1, 0.15) is 11.1 Å². The zero-order valence-corrected chi connectivity index (χ0v) is 11.9. The number of amides is 1. The van der Waals surface area contributed by atoms with Gasteiger partial charge in [0, 0.05) is 13.7 Å².